The molecule has 1 heterocycles. The summed E-state index contributed by atoms with van der Waals surface area (Å²) in [7, 11) is 2.04. The third kappa shape index (κ3) is 3.44. The highest BCUT2D eigenvalue weighted by molar-refractivity contribution is 5.83. The van der Waals surface area contributed by atoms with Gasteiger partial charge >= 0.3 is 0 Å². The minimum absolute atomic E-state index is 0.181. The first-order valence-electron chi connectivity index (χ1n) is 6.18. The predicted octanol–water partition coefficient (Wildman–Crippen LogP) is 3.54. The molecule has 0 spiro atoms. The number of hydrogen-bond donors (Lipinski definition) is 1. The van der Waals surface area contributed by atoms with Crippen LogP contribution in [0.2, 0.25) is 0 Å². The topological polar surface area (TPSA) is 24.4 Å². The first-order chi connectivity index (χ1) is 7.27. The maximum Gasteiger partial charge on any atom is 0.0264 e. The van der Waals surface area contributed by atoms with Crippen LogP contribution in [0.25, 0.3) is 0 Å². The summed E-state index contributed by atoms with van der Waals surface area (Å²) in [5.41, 5.74) is 3.16. The lowest BCUT2D eigenvalue weighted by Crippen LogP contribution is -2.41. The molecule has 1 aliphatic heterocycles. The van der Waals surface area contributed by atoms with Crippen molar-refractivity contribution in [3.63, 3.8) is 0 Å². The van der Waals surface area contributed by atoms with Crippen LogP contribution < -0.4 is 5.32 Å². The second kappa shape index (κ2) is 4.70. The van der Waals surface area contributed by atoms with Crippen LogP contribution in [0, 0.1) is 5.41 Å². The molecule has 0 bridgehead atoms. The van der Waals surface area contributed by atoms with Gasteiger partial charge in [0.1, 0.15) is 0 Å². The number of nitrogens with zero attached hydrogens (tertiary/aromatic N) is 1. The lowest BCUT2D eigenvalue weighted by atomic mass is 9.73. The summed E-state index contributed by atoms with van der Waals surface area (Å²) < 4.78 is 0. The molecule has 0 fully saturated rings. The molecule has 92 valence electrons. The Kier molecular flexibility index (Phi) is 3.95. The number of rotatable bonds is 4. The van der Waals surface area contributed by atoms with Crippen molar-refractivity contribution >= 4 is 5.71 Å². The monoisotopic (exact) mass is 222 g/mol. The van der Waals surface area contributed by atoms with Crippen molar-refractivity contribution in [1.29, 1.82) is 0 Å². The summed E-state index contributed by atoms with van der Waals surface area (Å²) in [6.07, 6.45) is 5.51. The van der Waals surface area contributed by atoms with Crippen molar-refractivity contribution in [1.82, 2.24) is 5.32 Å². The van der Waals surface area contributed by atoms with Gasteiger partial charge in [0.25, 0.3) is 0 Å². The van der Waals surface area contributed by atoms with E-state index in [1.54, 1.807) is 0 Å². The van der Waals surface area contributed by atoms with Crippen LogP contribution in [-0.4, -0.2) is 18.3 Å². The summed E-state index contributed by atoms with van der Waals surface area (Å²) in [6.45, 7) is 11.3. The predicted molar refractivity (Wildman–Crippen MR) is 72.0 cm³/mol. The minimum Gasteiger partial charge on any atom is -0.315 e. The highest BCUT2D eigenvalue weighted by Crippen LogP contribution is 2.38. The van der Waals surface area contributed by atoms with Gasteiger partial charge in [0.05, 0.1) is 0 Å². The van der Waals surface area contributed by atoms with E-state index in [0.29, 0.717) is 0 Å². The Bertz CT molecular complexity index is 309. The van der Waals surface area contributed by atoms with Crippen molar-refractivity contribution in [2.45, 2.75) is 59.4 Å². The summed E-state index contributed by atoms with van der Waals surface area (Å²) in [5.74, 6) is 0. The van der Waals surface area contributed by atoms with Gasteiger partial charge in [0.15, 0.2) is 0 Å². The highest BCUT2D eigenvalue weighted by Gasteiger charge is 2.31. The van der Waals surface area contributed by atoms with Gasteiger partial charge in [-0.25, -0.2) is 0 Å². The normalized spacial score (nSPS) is 18.1. The van der Waals surface area contributed by atoms with E-state index in [0.717, 1.165) is 12.8 Å². The lowest BCUT2D eigenvalue weighted by Gasteiger charge is -2.37. The first kappa shape index (κ1) is 13.4. The molecule has 16 heavy (non-hydrogen) atoms. The van der Waals surface area contributed by atoms with Gasteiger partial charge in [-0.1, -0.05) is 13.8 Å². The number of nitrogens with one attached hydrogen (secondary N) is 1. The number of hydrogen-bond acceptors (Lipinski definition) is 2. The van der Waals surface area contributed by atoms with Gasteiger partial charge in [-0.3, -0.25) is 4.99 Å². The Hall–Kier alpha value is -0.630. The second-order valence-electron chi connectivity index (χ2n) is 6.21. The standard InChI is InChI=1S/C14H26N2/c1-11-7-8-12(9-16-11)13(2,3)10-14(4,5)15-6/h9,15H,7-8,10H2,1-6H3. The molecule has 2 heteroatoms. The van der Waals surface area contributed by atoms with Crippen LogP contribution in [0.3, 0.4) is 0 Å². The fraction of sp³-hybridized carbons (Fsp3) is 0.786. The lowest BCUT2D eigenvalue weighted by molar-refractivity contribution is 0.265. The molecule has 0 saturated heterocycles. The Morgan fingerprint density at radius 2 is 1.88 bits per heavy atom. The Balaban J connectivity index is 2.78. The smallest absolute Gasteiger partial charge is 0.0264 e. The van der Waals surface area contributed by atoms with Gasteiger partial charge in [0, 0.05) is 17.5 Å². The van der Waals surface area contributed by atoms with Crippen molar-refractivity contribution in [3.05, 3.63) is 11.8 Å². The molecule has 0 aromatic rings. The molecule has 0 atom stereocenters. The average Bonchev–Trinajstić information content (AvgIpc) is 2.17. The molecule has 1 rings (SSSR count). The Labute approximate surface area is 100 Å². The van der Waals surface area contributed by atoms with Gasteiger partial charge in [-0.15, -0.1) is 0 Å². The van der Waals surface area contributed by atoms with E-state index in [4.69, 9.17) is 0 Å². The van der Waals surface area contributed by atoms with Crippen molar-refractivity contribution < 1.29 is 0 Å². The SMILES string of the molecule is CNC(C)(C)CC(C)(C)C1=CN=C(C)CC1. The van der Waals surface area contributed by atoms with E-state index >= 15 is 0 Å². The summed E-state index contributed by atoms with van der Waals surface area (Å²) in [5, 5.41) is 3.38. The van der Waals surface area contributed by atoms with Gasteiger partial charge in [-0.05, 0) is 58.1 Å². The van der Waals surface area contributed by atoms with Crippen molar-refractivity contribution in [2.75, 3.05) is 7.05 Å². The molecule has 0 saturated carbocycles. The van der Waals surface area contributed by atoms with Gasteiger partial charge in [-0.2, -0.15) is 0 Å². The van der Waals surface area contributed by atoms with E-state index in [-0.39, 0.29) is 11.0 Å². The maximum atomic E-state index is 4.47. The Morgan fingerprint density at radius 1 is 1.25 bits per heavy atom. The van der Waals surface area contributed by atoms with Crippen LogP contribution in [0.15, 0.2) is 16.8 Å². The van der Waals surface area contributed by atoms with Gasteiger partial charge in [0.2, 0.25) is 0 Å². The highest BCUT2D eigenvalue weighted by atomic mass is 14.9. The Morgan fingerprint density at radius 3 is 2.31 bits per heavy atom. The second-order valence-corrected chi connectivity index (χ2v) is 6.21. The van der Waals surface area contributed by atoms with Crippen LogP contribution in [-0.2, 0) is 0 Å². The largest absolute Gasteiger partial charge is 0.315 e. The van der Waals surface area contributed by atoms with Gasteiger partial charge < -0.3 is 5.32 Å². The quantitative estimate of drug-likeness (QED) is 0.773. The van der Waals surface area contributed by atoms with Crippen LogP contribution in [0.1, 0.15) is 53.9 Å². The van der Waals surface area contributed by atoms with Crippen LogP contribution in [0.5, 0.6) is 0 Å². The third-order valence-corrected chi connectivity index (χ3v) is 3.63. The van der Waals surface area contributed by atoms with E-state index in [2.05, 4.69) is 51.1 Å². The molecular weight excluding hydrogens is 196 g/mol. The van der Waals surface area contributed by atoms with E-state index < -0.39 is 0 Å². The first-order valence-corrected chi connectivity index (χ1v) is 6.18. The van der Waals surface area contributed by atoms with E-state index in [9.17, 15) is 0 Å². The molecule has 0 amide bonds. The summed E-state index contributed by atoms with van der Waals surface area (Å²) in [4.78, 5) is 4.47. The van der Waals surface area contributed by atoms with Crippen LogP contribution in [0.4, 0.5) is 0 Å². The zero-order chi connectivity index (χ0) is 12.4. The summed E-state index contributed by atoms with van der Waals surface area (Å²) >= 11 is 0. The molecular formula is C14H26N2. The van der Waals surface area contributed by atoms with Crippen LogP contribution >= 0.6 is 0 Å². The molecule has 0 radical (unpaired) electrons. The average molecular weight is 222 g/mol. The molecule has 0 aromatic carbocycles. The summed E-state index contributed by atoms with van der Waals surface area (Å²) in [6, 6.07) is 0. The number of aliphatic imine (C=N–C) groups is 1. The molecule has 0 unspecified atom stereocenters. The zero-order valence-electron chi connectivity index (χ0n) is 11.6. The van der Waals surface area contributed by atoms with Crippen molar-refractivity contribution in [3.8, 4) is 0 Å². The van der Waals surface area contributed by atoms with E-state index in [1.165, 1.54) is 17.7 Å². The fourth-order valence-corrected chi connectivity index (χ4v) is 2.45. The number of allylic oxidation sites excluding steroid dienone is 1. The molecule has 0 aliphatic carbocycles. The molecule has 0 aromatic heterocycles. The third-order valence-electron chi connectivity index (χ3n) is 3.63. The van der Waals surface area contributed by atoms with Crippen molar-refractivity contribution in [2.24, 2.45) is 10.4 Å². The van der Waals surface area contributed by atoms with E-state index in [1.807, 2.05) is 7.05 Å². The molecule has 1 N–H and O–H groups in total. The zero-order valence-corrected chi connectivity index (χ0v) is 11.6. The minimum atomic E-state index is 0.181. The molecule has 2 nitrogen and oxygen atoms in total. The fourth-order valence-electron chi connectivity index (χ4n) is 2.45. The maximum absolute atomic E-state index is 4.47. The molecule has 1 aliphatic rings.